The van der Waals surface area contributed by atoms with Crippen molar-refractivity contribution in [3.05, 3.63) is 29.8 Å². The minimum atomic E-state index is -0.492. The molecule has 0 aliphatic heterocycles. The van der Waals surface area contributed by atoms with E-state index < -0.39 is 11.3 Å². The highest BCUT2D eigenvalue weighted by Crippen LogP contribution is 2.26. The molecule has 0 spiro atoms. The van der Waals surface area contributed by atoms with Gasteiger partial charge < -0.3 is 9.88 Å². The molecule has 0 saturated carbocycles. The summed E-state index contributed by atoms with van der Waals surface area (Å²) in [5.41, 5.74) is 2.11. The number of urea groups is 1. The van der Waals surface area contributed by atoms with Gasteiger partial charge in [-0.05, 0) is 26.8 Å². The van der Waals surface area contributed by atoms with Gasteiger partial charge in [-0.3, -0.25) is 10.1 Å². The van der Waals surface area contributed by atoms with Crippen molar-refractivity contribution in [3.8, 4) is 11.4 Å². The third-order valence-electron chi connectivity index (χ3n) is 3.34. The Kier molecular flexibility index (Phi) is 5.97. The van der Waals surface area contributed by atoms with Gasteiger partial charge in [-0.25, -0.2) is 4.79 Å². The third-order valence-corrected chi connectivity index (χ3v) is 4.47. The normalized spacial score (nSPS) is 11.8. The Morgan fingerprint density at radius 1 is 1.33 bits per heavy atom. The first-order valence-electron chi connectivity index (χ1n) is 7.64. The molecule has 0 unspecified atom stereocenters. The van der Waals surface area contributed by atoms with Crippen LogP contribution in [0.5, 0.6) is 0 Å². The molecule has 3 amide bonds. The first-order chi connectivity index (χ1) is 11.4. The summed E-state index contributed by atoms with van der Waals surface area (Å²) in [6.45, 7) is 5.99. The highest BCUT2D eigenvalue weighted by molar-refractivity contribution is 8.00. The molecule has 0 fully saturated rings. The maximum Gasteiger partial charge on any atom is 0.321 e. The lowest BCUT2D eigenvalue weighted by atomic mass is 10.1. The van der Waals surface area contributed by atoms with Crippen LogP contribution in [0.1, 0.15) is 19.4 Å². The SMILES string of the molecule is CCNC(=O)NC(=O)[C@H](C)Sc1nnc(-c2cccc(C)c2)n1C. The average Bonchev–Trinajstić information content (AvgIpc) is 2.88. The number of amides is 3. The number of benzene rings is 1. The van der Waals surface area contributed by atoms with Gasteiger partial charge in [0.05, 0.1) is 5.25 Å². The molecule has 0 aliphatic rings. The van der Waals surface area contributed by atoms with E-state index in [1.807, 2.05) is 42.8 Å². The highest BCUT2D eigenvalue weighted by Gasteiger charge is 2.20. The molecule has 0 aliphatic carbocycles. The largest absolute Gasteiger partial charge is 0.338 e. The highest BCUT2D eigenvalue weighted by atomic mass is 32.2. The van der Waals surface area contributed by atoms with Gasteiger partial charge in [-0.15, -0.1) is 10.2 Å². The summed E-state index contributed by atoms with van der Waals surface area (Å²) < 4.78 is 1.84. The summed E-state index contributed by atoms with van der Waals surface area (Å²) in [6.07, 6.45) is 0. The number of rotatable bonds is 5. The Balaban J connectivity index is 2.08. The molecule has 1 aromatic heterocycles. The Morgan fingerprint density at radius 2 is 2.08 bits per heavy atom. The van der Waals surface area contributed by atoms with Gasteiger partial charge in [0.1, 0.15) is 0 Å². The van der Waals surface area contributed by atoms with E-state index in [0.717, 1.165) is 17.0 Å². The van der Waals surface area contributed by atoms with Crippen molar-refractivity contribution in [2.45, 2.75) is 31.2 Å². The van der Waals surface area contributed by atoms with Crippen molar-refractivity contribution in [2.24, 2.45) is 7.05 Å². The van der Waals surface area contributed by atoms with Gasteiger partial charge in [0, 0.05) is 19.2 Å². The number of imide groups is 1. The standard InChI is InChI=1S/C16H21N5O2S/c1-5-17-15(23)18-14(22)11(3)24-16-20-19-13(21(16)4)12-8-6-7-10(2)9-12/h6-9,11H,5H2,1-4H3,(H2,17,18,22,23)/t11-/m0/s1. The van der Waals surface area contributed by atoms with E-state index in [0.29, 0.717) is 11.7 Å². The van der Waals surface area contributed by atoms with E-state index >= 15 is 0 Å². The fourth-order valence-electron chi connectivity index (χ4n) is 2.08. The summed E-state index contributed by atoms with van der Waals surface area (Å²) in [6, 6.07) is 7.49. The number of thioether (sulfide) groups is 1. The summed E-state index contributed by atoms with van der Waals surface area (Å²) >= 11 is 1.26. The molecule has 2 N–H and O–H groups in total. The zero-order chi connectivity index (χ0) is 17.7. The Bertz CT molecular complexity index is 744. The van der Waals surface area contributed by atoms with Crippen LogP contribution in [0.25, 0.3) is 11.4 Å². The van der Waals surface area contributed by atoms with Crippen molar-refractivity contribution < 1.29 is 9.59 Å². The molecule has 0 radical (unpaired) electrons. The van der Waals surface area contributed by atoms with Gasteiger partial charge in [-0.1, -0.05) is 35.5 Å². The number of nitrogens with one attached hydrogen (secondary N) is 2. The minimum absolute atomic E-state index is 0.369. The molecule has 1 aromatic carbocycles. The van der Waals surface area contributed by atoms with E-state index in [9.17, 15) is 9.59 Å². The van der Waals surface area contributed by atoms with Crippen LogP contribution in [0.4, 0.5) is 4.79 Å². The van der Waals surface area contributed by atoms with Gasteiger partial charge in [0.15, 0.2) is 11.0 Å². The van der Waals surface area contributed by atoms with Crippen LogP contribution in [0.15, 0.2) is 29.4 Å². The molecular weight excluding hydrogens is 326 g/mol. The lowest BCUT2D eigenvalue weighted by Gasteiger charge is -2.11. The summed E-state index contributed by atoms with van der Waals surface area (Å²) in [4.78, 5) is 23.4. The second kappa shape index (κ2) is 7.96. The monoisotopic (exact) mass is 347 g/mol. The zero-order valence-corrected chi connectivity index (χ0v) is 15.0. The summed E-state index contributed by atoms with van der Waals surface area (Å²) in [5.74, 6) is 0.364. The van der Waals surface area contributed by atoms with Crippen LogP contribution in [0, 0.1) is 6.92 Å². The van der Waals surface area contributed by atoms with E-state index in [2.05, 4.69) is 20.8 Å². The lowest BCUT2D eigenvalue weighted by molar-refractivity contribution is -0.119. The van der Waals surface area contributed by atoms with Gasteiger partial charge in [0.25, 0.3) is 0 Å². The summed E-state index contributed by atoms with van der Waals surface area (Å²) in [7, 11) is 1.86. The fraction of sp³-hybridized carbons (Fsp3) is 0.375. The predicted octanol–water partition coefficient (Wildman–Crippen LogP) is 2.12. The molecule has 2 rings (SSSR count). The van der Waals surface area contributed by atoms with Crippen molar-refractivity contribution in [3.63, 3.8) is 0 Å². The van der Waals surface area contributed by atoms with Crippen LogP contribution < -0.4 is 10.6 Å². The molecule has 0 saturated heterocycles. The smallest absolute Gasteiger partial charge is 0.321 e. The van der Waals surface area contributed by atoms with Gasteiger partial charge in [0.2, 0.25) is 5.91 Å². The van der Waals surface area contributed by atoms with Gasteiger partial charge >= 0.3 is 6.03 Å². The molecule has 1 heterocycles. The van der Waals surface area contributed by atoms with E-state index in [1.54, 1.807) is 13.8 Å². The number of aryl methyl sites for hydroxylation is 1. The molecule has 24 heavy (non-hydrogen) atoms. The molecule has 0 bridgehead atoms. The molecular formula is C16H21N5O2S. The predicted molar refractivity (Wildman–Crippen MR) is 93.7 cm³/mol. The number of aromatic nitrogens is 3. The Hall–Kier alpha value is -2.35. The molecule has 2 aromatic rings. The average molecular weight is 347 g/mol. The van der Waals surface area contributed by atoms with E-state index in [1.165, 1.54) is 11.8 Å². The molecule has 128 valence electrons. The Morgan fingerprint density at radius 3 is 2.75 bits per heavy atom. The van der Waals surface area contributed by atoms with Gasteiger partial charge in [-0.2, -0.15) is 0 Å². The van der Waals surface area contributed by atoms with Crippen molar-refractivity contribution >= 4 is 23.7 Å². The second-order valence-electron chi connectivity index (χ2n) is 5.34. The fourth-order valence-corrected chi connectivity index (χ4v) is 2.90. The number of carbonyl (C=O) groups is 2. The second-order valence-corrected chi connectivity index (χ2v) is 6.65. The van der Waals surface area contributed by atoms with Crippen LogP contribution >= 0.6 is 11.8 Å². The minimum Gasteiger partial charge on any atom is -0.338 e. The van der Waals surface area contributed by atoms with E-state index in [4.69, 9.17) is 0 Å². The topological polar surface area (TPSA) is 88.9 Å². The number of nitrogens with zero attached hydrogens (tertiary/aromatic N) is 3. The molecule has 7 nitrogen and oxygen atoms in total. The first-order valence-corrected chi connectivity index (χ1v) is 8.52. The third kappa shape index (κ3) is 4.35. The van der Waals surface area contributed by atoms with Crippen LogP contribution in [0.3, 0.4) is 0 Å². The van der Waals surface area contributed by atoms with Crippen molar-refractivity contribution in [1.82, 2.24) is 25.4 Å². The lowest BCUT2D eigenvalue weighted by Crippen LogP contribution is -2.42. The first kappa shape index (κ1) is 18.0. The quantitative estimate of drug-likeness (QED) is 0.809. The van der Waals surface area contributed by atoms with Crippen LogP contribution in [0.2, 0.25) is 0 Å². The zero-order valence-electron chi connectivity index (χ0n) is 14.2. The van der Waals surface area contributed by atoms with Crippen LogP contribution in [-0.4, -0.2) is 38.5 Å². The van der Waals surface area contributed by atoms with E-state index in [-0.39, 0.29) is 5.91 Å². The van der Waals surface area contributed by atoms with Crippen LogP contribution in [-0.2, 0) is 11.8 Å². The molecule has 1 atom stereocenters. The summed E-state index contributed by atoms with van der Waals surface area (Å²) in [5, 5.41) is 13.3. The maximum atomic E-state index is 12.0. The molecule has 8 heteroatoms. The number of hydrogen-bond acceptors (Lipinski definition) is 5. The number of carbonyl (C=O) groups excluding carboxylic acids is 2. The number of hydrogen-bond donors (Lipinski definition) is 2. The van der Waals surface area contributed by atoms with Crippen molar-refractivity contribution in [2.75, 3.05) is 6.54 Å². The van der Waals surface area contributed by atoms with Crippen molar-refractivity contribution in [1.29, 1.82) is 0 Å². The maximum absolute atomic E-state index is 12.0. The Labute approximate surface area is 145 Å².